The lowest BCUT2D eigenvalue weighted by Gasteiger charge is -2.20. The van der Waals surface area contributed by atoms with Crippen molar-refractivity contribution in [2.75, 3.05) is 10.6 Å². The summed E-state index contributed by atoms with van der Waals surface area (Å²) in [6, 6.07) is 10.7. The van der Waals surface area contributed by atoms with Crippen LogP contribution in [0.25, 0.3) is 0 Å². The maximum atomic E-state index is 12.8. The van der Waals surface area contributed by atoms with E-state index in [1.807, 2.05) is 0 Å². The van der Waals surface area contributed by atoms with Crippen molar-refractivity contribution in [3.8, 4) is 0 Å². The van der Waals surface area contributed by atoms with E-state index in [0.717, 1.165) is 37.8 Å². The fourth-order valence-corrected chi connectivity index (χ4v) is 3.29. The van der Waals surface area contributed by atoms with Crippen LogP contribution in [0.5, 0.6) is 0 Å². The number of benzene rings is 2. The van der Waals surface area contributed by atoms with E-state index in [0.29, 0.717) is 5.69 Å². The van der Waals surface area contributed by atoms with Crippen molar-refractivity contribution in [3.05, 3.63) is 59.7 Å². The molecule has 148 valence electrons. The van der Waals surface area contributed by atoms with E-state index in [2.05, 4.69) is 10.6 Å². The van der Waals surface area contributed by atoms with Crippen molar-refractivity contribution in [2.24, 2.45) is 5.92 Å². The fraction of sp³-hybridized carbons (Fsp3) is 0.333. The number of amides is 2. The smallest absolute Gasteiger partial charge is 0.326 e. The number of carbonyl (C=O) groups is 2. The Labute approximate surface area is 161 Å². The lowest BCUT2D eigenvalue weighted by atomic mass is 9.88. The van der Waals surface area contributed by atoms with Gasteiger partial charge in [-0.05, 0) is 55.3 Å². The maximum Gasteiger partial charge on any atom is 0.416 e. The molecule has 0 saturated heterocycles. The second-order valence-corrected chi connectivity index (χ2v) is 6.93. The highest BCUT2D eigenvalue weighted by atomic mass is 19.4. The van der Waals surface area contributed by atoms with Crippen LogP contribution in [-0.2, 0) is 11.0 Å². The third kappa shape index (κ3) is 5.12. The molecule has 0 heterocycles. The number of halogens is 3. The summed E-state index contributed by atoms with van der Waals surface area (Å²) in [7, 11) is 0. The molecule has 7 heteroatoms. The highest BCUT2D eigenvalue weighted by molar-refractivity contribution is 6.04. The molecule has 1 aliphatic carbocycles. The van der Waals surface area contributed by atoms with Crippen LogP contribution >= 0.6 is 0 Å². The number of rotatable bonds is 4. The fourth-order valence-electron chi connectivity index (χ4n) is 3.29. The van der Waals surface area contributed by atoms with Gasteiger partial charge < -0.3 is 10.6 Å². The van der Waals surface area contributed by atoms with Crippen LogP contribution in [0.1, 0.15) is 48.0 Å². The van der Waals surface area contributed by atoms with Gasteiger partial charge in [-0.1, -0.05) is 25.3 Å². The molecule has 0 bridgehead atoms. The van der Waals surface area contributed by atoms with Gasteiger partial charge in [-0.25, -0.2) is 0 Å². The highest BCUT2D eigenvalue weighted by Gasteiger charge is 2.30. The van der Waals surface area contributed by atoms with Crippen LogP contribution in [0.3, 0.4) is 0 Å². The van der Waals surface area contributed by atoms with Crippen LogP contribution in [0.2, 0.25) is 0 Å². The van der Waals surface area contributed by atoms with Gasteiger partial charge in [-0.15, -0.1) is 0 Å². The molecule has 0 unspecified atom stereocenters. The summed E-state index contributed by atoms with van der Waals surface area (Å²) in [5, 5.41) is 5.31. The Balaban J connectivity index is 1.61. The SMILES string of the molecule is O=C(Nc1cccc(C(F)(F)F)c1)c1ccc(NC(=O)C2CCCCC2)cc1. The summed E-state index contributed by atoms with van der Waals surface area (Å²) in [5.41, 5.74) is 0.111. The van der Waals surface area contributed by atoms with Crippen molar-refractivity contribution in [1.29, 1.82) is 0 Å². The van der Waals surface area contributed by atoms with E-state index in [1.165, 1.54) is 30.7 Å². The van der Waals surface area contributed by atoms with Crippen LogP contribution < -0.4 is 10.6 Å². The molecule has 28 heavy (non-hydrogen) atoms. The molecule has 0 atom stereocenters. The first kappa shape index (κ1) is 19.9. The van der Waals surface area contributed by atoms with Crippen molar-refractivity contribution >= 4 is 23.2 Å². The summed E-state index contributed by atoms with van der Waals surface area (Å²) < 4.78 is 38.3. The Morgan fingerprint density at radius 3 is 2.18 bits per heavy atom. The Morgan fingerprint density at radius 2 is 1.54 bits per heavy atom. The number of carbonyl (C=O) groups excluding carboxylic acids is 2. The molecule has 0 aliphatic heterocycles. The largest absolute Gasteiger partial charge is 0.416 e. The van der Waals surface area contributed by atoms with Gasteiger partial charge >= 0.3 is 6.18 Å². The molecule has 1 saturated carbocycles. The highest BCUT2D eigenvalue weighted by Crippen LogP contribution is 2.31. The van der Waals surface area contributed by atoms with Crippen molar-refractivity contribution in [1.82, 2.24) is 0 Å². The van der Waals surface area contributed by atoms with E-state index in [-0.39, 0.29) is 23.1 Å². The van der Waals surface area contributed by atoms with Crippen molar-refractivity contribution in [2.45, 2.75) is 38.3 Å². The molecule has 0 radical (unpaired) electrons. The van der Waals surface area contributed by atoms with Crippen molar-refractivity contribution in [3.63, 3.8) is 0 Å². The number of hydrogen-bond acceptors (Lipinski definition) is 2. The number of hydrogen-bond donors (Lipinski definition) is 2. The first-order valence-corrected chi connectivity index (χ1v) is 9.22. The molecule has 3 rings (SSSR count). The molecule has 0 spiro atoms. The Kier molecular flexibility index (Phi) is 6.02. The zero-order chi connectivity index (χ0) is 20.1. The second kappa shape index (κ2) is 8.46. The van der Waals surface area contributed by atoms with E-state index >= 15 is 0 Å². The molecule has 4 nitrogen and oxygen atoms in total. The predicted molar refractivity (Wildman–Crippen MR) is 101 cm³/mol. The summed E-state index contributed by atoms with van der Waals surface area (Å²) in [6.45, 7) is 0. The average Bonchev–Trinajstić information content (AvgIpc) is 2.69. The van der Waals surface area contributed by atoms with Gasteiger partial charge in [0.25, 0.3) is 5.91 Å². The minimum atomic E-state index is -4.47. The average molecular weight is 390 g/mol. The van der Waals surface area contributed by atoms with Crippen LogP contribution in [0, 0.1) is 5.92 Å². The predicted octanol–water partition coefficient (Wildman–Crippen LogP) is 5.48. The summed E-state index contributed by atoms with van der Waals surface area (Å²) in [4.78, 5) is 24.5. The Morgan fingerprint density at radius 1 is 0.857 bits per heavy atom. The van der Waals surface area contributed by atoms with E-state index in [9.17, 15) is 22.8 Å². The molecular weight excluding hydrogens is 369 g/mol. The zero-order valence-electron chi connectivity index (χ0n) is 15.2. The van der Waals surface area contributed by atoms with E-state index < -0.39 is 17.6 Å². The second-order valence-electron chi connectivity index (χ2n) is 6.93. The van der Waals surface area contributed by atoms with Gasteiger partial charge in [0.15, 0.2) is 0 Å². The maximum absolute atomic E-state index is 12.8. The van der Waals surface area contributed by atoms with Gasteiger partial charge in [-0.2, -0.15) is 13.2 Å². The van der Waals surface area contributed by atoms with E-state index in [1.54, 1.807) is 12.1 Å². The summed E-state index contributed by atoms with van der Waals surface area (Å²) >= 11 is 0. The van der Waals surface area contributed by atoms with E-state index in [4.69, 9.17) is 0 Å². The Hall–Kier alpha value is -2.83. The summed E-state index contributed by atoms with van der Waals surface area (Å²) in [5.74, 6) is -0.511. The molecule has 1 aliphatic rings. The van der Waals surface area contributed by atoms with Crippen LogP contribution in [0.15, 0.2) is 48.5 Å². The number of anilines is 2. The minimum absolute atomic E-state index is 0.0131. The molecule has 2 N–H and O–H groups in total. The zero-order valence-corrected chi connectivity index (χ0v) is 15.2. The number of nitrogens with one attached hydrogen (secondary N) is 2. The van der Waals surface area contributed by atoms with Gasteiger partial charge in [0, 0.05) is 22.9 Å². The lowest BCUT2D eigenvalue weighted by molar-refractivity contribution is -0.137. The third-order valence-electron chi connectivity index (χ3n) is 4.84. The lowest BCUT2D eigenvalue weighted by Crippen LogP contribution is -2.24. The molecular formula is C21H21F3N2O2. The third-order valence-corrected chi connectivity index (χ3v) is 4.84. The standard InChI is InChI=1S/C21H21F3N2O2/c22-21(23,24)16-7-4-8-18(13-16)26-20(28)15-9-11-17(12-10-15)25-19(27)14-5-2-1-3-6-14/h4,7-14H,1-3,5-6H2,(H,25,27)(H,26,28). The first-order valence-electron chi connectivity index (χ1n) is 9.22. The minimum Gasteiger partial charge on any atom is -0.326 e. The molecule has 2 amide bonds. The first-order chi connectivity index (χ1) is 13.3. The van der Waals surface area contributed by atoms with Gasteiger partial charge in [0.05, 0.1) is 5.56 Å². The number of alkyl halides is 3. The molecule has 2 aromatic carbocycles. The van der Waals surface area contributed by atoms with Gasteiger partial charge in [-0.3, -0.25) is 9.59 Å². The molecule has 0 aromatic heterocycles. The van der Waals surface area contributed by atoms with Gasteiger partial charge in [0.1, 0.15) is 0 Å². The van der Waals surface area contributed by atoms with Crippen molar-refractivity contribution < 1.29 is 22.8 Å². The van der Waals surface area contributed by atoms with Gasteiger partial charge in [0.2, 0.25) is 5.91 Å². The van der Waals surface area contributed by atoms with Crippen LogP contribution in [-0.4, -0.2) is 11.8 Å². The Bertz CT molecular complexity index is 841. The normalized spacial score (nSPS) is 15.1. The molecule has 2 aromatic rings. The van der Waals surface area contributed by atoms with Crippen LogP contribution in [0.4, 0.5) is 24.5 Å². The summed E-state index contributed by atoms with van der Waals surface area (Å²) in [6.07, 6.45) is 0.602. The quantitative estimate of drug-likeness (QED) is 0.727. The molecule has 1 fully saturated rings. The monoisotopic (exact) mass is 390 g/mol. The topological polar surface area (TPSA) is 58.2 Å².